The van der Waals surface area contributed by atoms with Gasteiger partial charge in [0.15, 0.2) is 17.1 Å². The van der Waals surface area contributed by atoms with Crippen molar-refractivity contribution >= 4 is 51.0 Å². The lowest BCUT2D eigenvalue weighted by atomic mass is 10.0. The SMILES string of the molecule is Cc1ccc2ccoc2c1Oc1ccc(C(=O)c2c[nH]c3ncnc(Cl)c23)c(Cl)c1. The van der Waals surface area contributed by atoms with E-state index in [1.807, 2.05) is 25.1 Å². The third-order valence-electron chi connectivity index (χ3n) is 4.85. The molecule has 3 aromatic heterocycles. The molecule has 0 saturated carbocycles. The normalized spacial score (nSPS) is 11.3. The number of hydrogen-bond acceptors (Lipinski definition) is 5. The molecule has 3 heterocycles. The van der Waals surface area contributed by atoms with E-state index in [1.54, 1.807) is 30.7 Å². The van der Waals surface area contributed by atoms with Gasteiger partial charge >= 0.3 is 0 Å². The van der Waals surface area contributed by atoms with Crippen molar-refractivity contribution in [2.24, 2.45) is 0 Å². The highest BCUT2D eigenvalue weighted by atomic mass is 35.5. The van der Waals surface area contributed by atoms with Gasteiger partial charge in [0.1, 0.15) is 22.9 Å². The average Bonchev–Trinajstić information content (AvgIpc) is 3.37. The topological polar surface area (TPSA) is 81.0 Å². The van der Waals surface area contributed by atoms with Crippen LogP contribution < -0.4 is 4.74 Å². The lowest BCUT2D eigenvalue weighted by molar-refractivity contribution is 0.104. The number of H-pyrrole nitrogens is 1. The molecule has 0 atom stereocenters. The maximum absolute atomic E-state index is 13.1. The molecule has 5 rings (SSSR count). The molecule has 0 amide bonds. The third-order valence-corrected chi connectivity index (χ3v) is 5.45. The molecule has 0 bridgehead atoms. The summed E-state index contributed by atoms with van der Waals surface area (Å²) in [5.74, 6) is 0.802. The number of ether oxygens (including phenoxy) is 1. The van der Waals surface area contributed by atoms with E-state index in [1.165, 1.54) is 6.33 Å². The zero-order chi connectivity index (χ0) is 20.8. The van der Waals surface area contributed by atoms with Crippen molar-refractivity contribution in [3.8, 4) is 11.5 Å². The van der Waals surface area contributed by atoms with Gasteiger partial charge in [0.2, 0.25) is 0 Å². The maximum atomic E-state index is 13.1. The van der Waals surface area contributed by atoms with Crippen LogP contribution in [-0.4, -0.2) is 20.7 Å². The molecular formula is C22H13Cl2N3O3. The number of rotatable bonds is 4. The van der Waals surface area contributed by atoms with Gasteiger partial charge in [-0.15, -0.1) is 0 Å². The van der Waals surface area contributed by atoms with Crippen molar-refractivity contribution in [1.29, 1.82) is 0 Å². The Morgan fingerprint density at radius 1 is 1.10 bits per heavy atom. The van der Waals surface area contributed by atoms with Gasteiger partial charge in [-0.25, -0.2) is 9.97 Å². The quantitative estimate of drug-likeness (QED) is 0.262. The Kier molecular flexibility index (Phi) is 4.46. The Hall–Kier alpha value is -3.35. The van der Waals surface area contributed by atoms with Crippen LogP contribution in [0.3, 0.4) is 0 Å². The molecule has 8 heteroatoms. The van der Waals surface area contributed by atoms with Crippen molar-refractivity contribution in [3.63, 3.8) is 0 Å². The lowest BCUT2D eigenvalue weighted by Gasteiger charge is -2.11. The summed E-state index contributed by atoms with van der Waals surface area (Å²) >= 11 is 12.6. The fourth-order valence-corrected chi connectivity index (χ4v) is 3.83. The number of hydrogen-bond donors (Lipinski definition) is 1. The van der Waals surface area contributed by atoms with Gasteiger partial charge in [0, 0.05) is 23.2 Å². The van der Waals surface area contributed by atoms with E-state index in [0.717, 1.165) is 10.9 Å². The third kappa shape index (κ3) is 3.01. The summed E-state index contributed by atoms with van der Waals surface area (Å²) in [4.78, 5) is 24.0. The molecule has 2 aromatic carbocycles. The number of carbonyl (C=O) groups is 1. The molecule has 1 N–H and O–H groups in total. The summed E-state index contributed by atoms with van der Waals surface area (Å²) < 4.78 is 11.6. The van der Waals surface area contributed by atoms with Gasteiger partial charge in [0.25, 0.3) is 0 Å². The molecule has 0 saturated heterocycles. The van der Waals surface area contributed by atoms with Crippen molar-refractivity contribution in [3.05, 3.63) is 82.1 Å². The standard InChI is InChI=1S/C22H13Cl2N3O3/c1-11-2-3-12-6-7-29-20(12)19(11)30-13-4-5-14(16(23)8-13)18(28)15-9-25-22-17(15)21(24)26-10-27-22/h2-10H,1H3,(H,25,26,27). The van der Waals surface area contributed by atoms with Crippen molar-refractivity contribution < 1.29 is 13.9 Å². The van der Waals surface area contributed by atoms with Crippen LogP contribution in [0.25, 0.3) is 22.0 Å². The van der Waals surface area contributed by atoms with E-state index in [2.05, 4.69) is 15.0 Å². The van der Waals surface area contributed by atoms with E-state index >= 15 is 0 Å². The summed E-state index contributed by atoms with van der Waals surface area (Å²) in [5.41, 5.74) is 2.72. The molecule has 30 heavy (non-hydrogen) atoms. The van der Waals surface area contributed by atoms with Crippen LogP contribution in [0.15, 0.2) is 59.6 Å². The number of aryl methyl sites for hydroxylation is 1. The number of ketones is 1. The fraction of sp³-hybridized carbons (Fsp3) is 0.0455. The first-order chi connectivity index (χ1) is 14.5. The summed E-state index contributed by atoms with van der Waals surface area (Å²) in [6, 6.07) is 10.7. The highest BCUT2D eigenvalue weighted by Crippen LogP contribution is 2.36. The van der Waals surface area contributed by atoms with Gasteiger partial charge in [0.05, 0.1) is 22.2 Å². The number of benzene rings is 2. The smallest absolute Gasteiger partial charge is 0.196 e. The van der Waals surface area contributed by atoms with Gasteiger partial charge in [-0.1, -0.05) is 35.3 Å². The predicted octanol–water partition coefficient (Wildman–Crippen LogP) is 6.34. The number of furan rings is 1. The van der Waals surface area contributed by atoms with Gasteiger partial charge in [-0.2, -0.15) is 0 Å². The van der Waals surface area contributed by atoms with Crippen molar-refractivity contribution in [2.75, 3.05) is 0 Å². The summed E-state index contributed by atoms with van der Waals surface area (Å²) in [5, 5.41) is 1.85. The molecule has 0 unspecified atom stereocenters. The van der Waals surface area contributed by atoms with Gasteiger partial charge in [-0.05, 0) is 30.7 Å². The van der Waals surface area contributed by atoms with Gasteiger partial charge < -0.3 is 14.1 Å². The first kappa shape index (κ1) is 18.7. The van der Waals surface area contributed by atoms with E-state index in [0.29, 0.717) is 39.2 Å². The second kappa shape index (κ2) is 7.16. The van der Waals surface area contributed by atoms with E-state index in [4.69, 9.17) is 32.4 Å². The molecule has 0 radical (unpaired) electrons. The summed E-state index contributed by atoms with van der Waals surface area (Å²) in [6.45, 7) is 1.93. The second-order valence-corrected chi connectivity index (χ2v) is 7.48. The van der Waals surface area contributed by atoms with Crippen LogP contribution in [0.1, 0.15) is 21.5 Å². The van der Waals surface area contributed by atoms with Crippen LogP contribution in [0, 0.1) is 6.92 Å². The number of carbonyl (C=O) groups excluding carboxylic acids is 1. The number of halogens is 2. The molecule has 6 nitrogen and oxygen atoms in total. The van der Waals surface area contributed by atoms with Crippen molar-refractivity contribution in [1.82, 2.24) is 15.0 Å². The molecule has 0 aliphatic rings. The summed E-state index contributed by atoms with van der Waals surface area (Å²) in [7, 11) is 0. The molecule has 0 spiro atoms. The van der Waals surface area contributed by atoms with E-state index in [9.17, 15) is 4.79 Å². The van der Waals surface area contributed by atoms with Crippen LogP contribution >= 0.6 is 23.2 Å². The Labute approximate surface area is 180 Å². The van der Waals surface area contributed by atoms with Crippen molar-refractivity contribution in [2.45, 2.75) is 6.92 Å². The molecule has 0 aliphatic heterocycles. The first-order valence-electron chi connectivity index (χ1n) is 8.99. The average molecular weight is 438 g/mol. The van der Waals surface area contributed by atoms with Crippen LogP contribution in [-0.2, 0) is 0 Å². The number of nitrogens with one attached hydrogen (secondary N) is 1. The number of fused-ring (bicyclic) bond motifs is 2. The highest BCUT2D eigenvalue weighted by molar-refractivity contribution is 6.38. The zero-order valence-corrected chi connectivity index (χ0v) is 17.1. The van der Waals surface area contributed by atoms with Crippen LogP contribution in [0.4, 0.5) is 0 Å². The minimum Gasteiger partial charge on any atom is -0.460 e. The molecule has 148 valence electrons. The fourth-order valence-electron chi connectivity index (χ4n) is 3.34. The maximum Gasteiger partial charge on any atom is 0.196 e. The van der Waals surface area contributed by atoms with Crippen LogP contribution in [0.2, 0.25) is 10.2 Å². The monoisotopic (exact) mass is 437 g/mol. The predicted molar refractivity (Wildman–Crippen MR) is 115 cm³/mol. The Morgan fingerprint density at radius 2 is 1.97 bits per heavy atom. The zero-order valence-electron chi connectivity index (χ0n) is 15.6. The minimum atomic E-state index is -0.293. The Morgan fingerprint density at radius 3 is 2.80 bits per heavy atom. The summed E-state index contributed by atoms with van der Waals surface area (Å²) in [6.07, 6.45) is 4.49. The number of aromatic amines is 1. The first-order valence-corrected chi connectivity index (χ1v) is 9.75. The van der Waals surface area contributed by atoms with Gasteiger partial charge in [-0.3, -0.25) is 4.79 Å². The largest absolute Gasteiger partial charge is 0.460 e. The van der Waals surface area contributed by atoms with Crippen LogP contribution in [0.5, 0.6) is 11.5 Å². The Balaban J connectivity index is 1.51. The highest BCUT2D eigenvalue weighted by Gasteiger charge is 2.20. The molecule has 5 aromatic rings. The number of nitrogens with zero attached hydrogens (tertiary/aromatic N) is 2. The lowest BCUT2D eigenvalue weighted by Crippen LogP contribution is -2.02. The molecule has 0 aliphatic carbocycles. The van der Waals surface area contributed by atoms with E-state index < -0.39 is 0 Å². The minimum absolute atomic E-state index is 0.197. The Bertz CT molecular complexity index is 1440. The second-order valence-electron chi connectivity index (χ2n) is 6.71. The molecule has 0 fully saturated rings. The van der Waals surface area contributed by atoms with E-state index in [-0.39, 0.29) is 16.0 Å². The molecular weight excluding hydrogens is 425 g/mol. The number of aromatic nitrogens is 3.